The van der Waals surface area contributed by atoms with Crippen LogP contribution in [0.15, 0.2) is 97.1 Å². The van der Waals surface area contributed by atoms with E-state index in [4.69, 9.17) is 4.74 Å². The average Bonchev–Trinajstić information content (AvgIpc) is 3.03. The Hall–Kier alpha value is -4.46. The first-order chi connectivity index (χ1) is 21.1. The van der Waals surface area contributed by atoms with E-state index in [2.05, 4.69) is 16.0 Å². The molecule has 0 saturated carbocycles. The number of aliphatic hydroxyl groups excluding tert-OH is 1. The van der Waals surface area contributed by atoms with Crippen molar-refractivity contribution in [3.8, 4) is 5.75 Å². The maximum Gasteiger partial charge on any atom is 0.251 e. The summed E-state index contributed by atoms with van der Waals surface area (Å²) in [6.07, 6.45) is -0.439. The quantitative estimate of drug-likeness (QED) is 0.156. The Balaban J connectivity index is 1.48. The van der Waals surface area contributed by atoms with E-state index >= 15 is 0 Å². The summed E-state index contributed by atoms with van der Waals surface area (Å²) in [5.74, 6) is 0.160. The molecule has 4 rings (SSSR count). The van der Waals surface area contributed by atoms with Crippen LogP contribution in [-0.2, 0) is 6.42 Å². The van der Waals surface area contributed by atoms with Crippen molar-refractivity contribution >= 4 is 11.8 Å². The van der Waals surface area contributed by atoms with Gasteiger partial charge in [-0.2, -0.15) is 0 Å². The van der Waals surface area contributed by atoms with Gasteiger partial charge < -0.3 is 25.8 Å². The molecule has 0 fully saturated rings. The second-order valence-electron chi connectivity index (χ2n) is 11.4. The molecule has 1 unspecified atom stereocenters. The van der Waals surface area contributed by atoms with Gasteiger partial charge in [0.05, 0.1) is 25.3 Å². The van der Waals surface area contributed by atoms with E-state index in [0.29, 0.717) is 17.5 Å². The Labute approximate surface area is 260 Å². The van der Waals surface area contributed by atoms with Crippen molar-refractivity contribution in [1.82, 2.24) is 16.0 Å². The Morgan fingerprint density at radius 2 is 1.43 bits per heavy atom. The fourth-order valence-corrected chi connectivity index (χ4v) is 5.35. The summed E-state index contributed by atoms with van der Waals surface area (Å²) in [7, 11) is 1.63. The summed E-state index contributed by atoms with van der Waals surface area (Å²) in [4.78, 5) is 26.9. The number of nitrogens with one attached hydrogen (secondary N) is 3. The lowest BCUT2D eigenvalue weighted by Crippen LogP contribution is -2.49. The number of rotatable bonds is 13. The third-order valence-corrected chi connectivity index (χ3v) is 7.91. The first kappa shape index (κ1) is 32.5. The van der Waals surface area contributed by atoms with Gasteiger partial charge in [0.25, 0.3) is 11.8 Å². The molecule has 0 aromatic heterocycles. The molecule has 0 radical (unpaired) electrons. The number of hydrogen-bond donors (Lipinski definition) is 4. The molecule has 4 N–H and O–H groups in total. The number of aliphatic hydroxyl groups is 1. The van der Waals surface area contributed by atoms with E-state index in [0.717, 1.165) is 33.6 Å². The lowest BCUT2D eigenvalue weighted by molar-refractivity contribution is 0.0825. The van der Waals surface area contributed by atoms with E-state index in [1.807, 2.05) is 107 Å². The normalized spacial score (nSPS) is 13.8. The van der Waals surface area contributed by atoms with Gasteiger partial charge in [-0.1, -0.05) is 66.7 Å². The van der Waals surface area contributed by atoms with Gasteiger partial charge in [0.1, 0.15) is 5.75 Å². The summed E-state index contributed by atoms with van der Waals surface area (Å²) in [5, 5.41) is 20.8. The van der Waals surface area contributed by atoms with E-state index in [9.17, 15) is 14.7 Å². The van der Waals surface area contributed by atoms with Gasteiger partial charge in [-0.25, -0.2) is 0 Å². The maximum atomic E-state index is 13.6. The molecule has 4 aromatic carbocycles. The third kappa shape index (κ3) is 8.78. The zero-order valence-electron chi connectivity index (χ0n) is 26.1. The van der Waals surface area contributed by atoms with Gasteiger partial charge in [-0.05, 0) is 92.3 Å². The largest absolute Gasteiger partial charge is 0.497 e. The molecule has 4 atom stereocenters. The third-order valence-electron chi connectivity index (χ3n) is 7.91. The van der Waals surface area contributed by atoms with Gasteiger partial charge in [0.15, 0.2) is 0 Å². The van der Waals surface area contributed by atoms with Crippen molar-refractivity contribution in [1.29, 1.82) is 0 Å². The van der Waals surface area contributed by atoms with Crippen LogP contribution in [0.1, 0.15) is 74.5 Å². The SMILES string of the molecule is COc1cccc([C@@H](C)NC[C@@H](O)[C@H](Cc2ccccc2)NC(=O)c2cc(C)cc(C(=O)NC(C)c3ccccc3C)c2)c1. The van der Waals surface area contributed by atoms with Crippen molar-refractivity contribution in [2.45, 2.75) is 58.3 Å². The monoisotopic (exact) mass is 593 g/mol. The predicted molar refractivity (Wildman–Crippen MR) is 175 cm³/mol. The van der Waals surface area contributed by atoms with E-state index in [-0.39, 0.29) is 30.4 Å². The molecule has 0 aliphatic carbocycles. The van der Waals surface area contributed by atoms with Crippen LogP contribution in [0.5, 0.6) is 5.75 Å². The number of ether oxygens (including phenoxy) is 1. The molecule has 7 nitrogen and oxygen atoms in total. The first-order valence-corrected chi connectivity index (χ1v) is 15.0. The standard InChI is InChI=1S/C37H43N3O4/c1-24-18-30(36(42)39-27(4)33-17-10-9-12-25(33)2)21-31(19-24)37(43)40-34(20-28-13-7-6-8-14-28)35(41)23-38-26(3)29-15-11-16-32(22-29)44-5/h6-19,21-22,26-27,34-35,38,41H,20,23H2,1-5H3,(H,39,42)(H,40,43)/t26-,27?,34+,35-/m1/s1. The van der Waals surface area contributed by atoms with E-state index < -0.39 is 12.1 Å². The lowest BCUT2D eigenvalue weighted by atomic mass is 9.99. The number of benzene rings is 4. The highest BCUT2D eigenvalue weighted by molar-refractivity contribution is 6.00. The van der Waals surface area contributed by atoms with Crippen LogP contribution in [0.3, 0.4) is 0 Å². The first-order valence-electron chi connectivity index (χ1n) is 15.0. The van der Waals surface area contributed by atoms with Gasteiger partial charge in [-0.3, -0.25) is 9.59 Å². The van der Waals surface area contributed by atoms with Crippen LogP contribution in [0, 0.1) is 13.8 Å². The second kappa shape index (κ2) is 15.3. The molecular formula is C37H43N3O4. The molecule has 2 amide bonds. The van der Waals surface area contributed by atoms with Gasteiger partial charge in [0, 0.05) is 23.7 Å². The van der Waals surface area contributed by atoms with Crippen molar-refractivity contribution in [3.05, 3.63) is 136 Å². The Morgan fingerprint density at radius 1 is 0.773 bits per heavy atom. The molecule has 0 saturated heterocycles. The summed E-state index contributed by atoms with van der Waals surface area (Å²) >= 11 is 0. The Bertz CT molecular complexity index is 1560. The minimum absolute atomic E-state index is 0.0484. The molecule has 0 heterocycles. The lowest BCUT2D eigenvalue weighted by Gasteiger charge is -2.26. The molecule has 230 valence electrons. The number of aryl methyl sites for hydroxylation is 2. The molecule has 0 aliphatic rings. The molecule has 44 heavy (non-hydrogen) atoms. The minimum atomic E-state index is -0.880. The fraction of sp³-hybridized carbons (Fsp3) is 0.297. The van der Waals surface area contributed by atoms with Gasteiger partial charge in [0.2, 0.25) is 0 Å². The van der Waals surface area contributed by atoms with Crippen LogP contribution in [0.4, 0.5) is 0 Å². The second-order valence-corrected chi connectivity index (χ2v) is 11.4. The molecular weight excluding hydrogens is 550 g/mol. The average molecular weight is 594 g/mol. The van der Waals surface area contributed by atoms with Crippen molar-refractivity contribution < 1.29 is 19.4 Å². The van der Waals surface area contributed by atoms with Crippen molar-refractivity contribution in [3.63, 3.8) is 0 Å². The molecule has 4 aromatic rings. The predicted octanol–water partition coefficient (Wildman–Crippen LogP) is 5.86. The van der Waals surface area contributed by atoms with E-state index in [1.165, 1.54) is 0 Å². The summed E-state index contributed by atoms with van der Waals surface area (Å²) < 4.78 is 5.35. The van der Waals surface area contributed by atoms with Gasteiger partial charge >= 0.3 is 0 Å². The highest BCUT2D eigenvalue weighted by Crippen LogP contribution is 2.20. The van der Waals surface area contributed by atoms with Crippen molar-refractivity contribution in [2.24, 2.45) is 0 Å². The highest BCUT2D eigenvalue weighted by Gasteiger charge is 2.24. The topological polar surface area (TPSA) is 99.7 Å². The molecule has 0 aliphatic heterocycles. The smallest absolute Gasteiger partial charge is 0.251 e. The Morgan fingerprint density at radius 3 is 2.11 bits per heavy atom. The fourth-order valence-electron chi connectivity index (χ4n) is 5.35. The van der Waals surface area contributed by atoms with Crippen LogP contribution in [0.2, 0.25) is 0 Å². The minimum Gasteiger partial charge on any atom is -0.497 e. The zero-order chi connectivity index (χ0) is 31.6. The van der Waals surface area contributed by atoms with Crippen LogP contribution in [0.25, 0.3) is 0 Å². The number of amides is 2. The number of hydrogen-bond acceptors (Lipinski definition) is 5. The summed E-state index contributed by atoms with van der Waals surface area (Å²) in [5.41, 5.74) is 5.72. The number of carbonyl (C=O) groups is 2. The zero-order valence-corrected chi connectivity index (χ0v) is 26.1. The summed E-state index contributed by atoms with van der Waals surface area (Å²) in [6, 6.07) is 29.8. The molecule has 7 heteroatoms. The summed E-state index contributed by atoms with van der Waals surface area (Å²) in [6.45, 7) is 8.10. The number of carbonyl (C=O) groups excluding carboxylic acids is 2. The number of methoxy groups -OCH3 is 1. The molecule has 0 spiro atoms. The van der Waals surface area contributed by atoms with Gasteiger partial charge in [-0.15, -0.1) is 0 Å². The Kier molecular flexibility index (Phi) is 11.3. The highest BCUT2D eigenvalue weighted by atomic mass is 16.5. The van der Waals surface area contributed by atoms with Crippen LogP contribution >= 0.6 is 0 Å². The van der Waals surface area contributed by atoms with Crippen molar-refractivity contribution in [2.75, 3.05) is 13.7 Å². The van der Waals surface area contributed by atoms with E-state index in [1.54, 1.807) is 25.3 Å². The van der Waals surface area contributed by atoms with Crippen LogP contribution < -0.4 is 20.7 Å². The maximum absolute atomic E-state index is 13.6. The molecule has 0 bridgehead atoms. The van der Waals surface area contributed by atoms with Crippen LogP contribution in [-0.4, -0.2) is 42.7 Å².